The molecule has 3 rings (SSSR count). The van der Waals surface area contributed by atoms with Gasteiger partial charge in [0, 0.05) is 23.2 Å². The number of thiophene rings is 1. The van der Waals surface area contributed by atoms with Crippen LogP contribution in [0.1, 0.15) is 24.0 Å². The predicted octanol–water partition coefficient (Wildman–Crippen LogP) is 4.74. The number of hydrogen-bond donors (Lipinski definition) is 0. The average Bonchev–Trinajstić information content (AvgIpc) is 3.07. The highest BCUT2D eigenvalue weighted by Crippen LogP contribution is 2.20. The van der Waals surface area contributed by atoms with Crippen LogP contribution < -0.4 is 0 Å². The van der Waals surface area contributed by atoms with E-state index >= 15 is 0 Å². The van der Waals surface area contributed by atoms with Crippen LogP contribution >= 0.6 is 33.9 Å². The third-order valence-electron chi connectivity index (χ3n) is 4.92. The molecule has 1 aromatic carbocycles. The Balaban J connectivity index is 1.36. The van der Waals surface area contributed by atoms with E-state index in [4.69, 9.17) is 0 Å². The van der Waals surface area contributed by atoms with Gasteiger partial charge in [0.1, 0.15) is 0 Å². The number of rotatable bonds is 7. The van der Waals surface area contributed by atoms with E-state index < -0.39 is 0 Å². The van der Waals surface area contributed by atoms with Crippen LogP contribution in [0.5, 0.6) is 0 Å². The maximum atomic E-state index is 2.65. The molecular formula is C20H27IN2S. The summed E-state index contributed by atoms with van der Waals surface area (Å²) in [6, 6.07) is 11.2. The van der Waals surface area contributed by atoms with Crippen LogP contribution in [-0.4, -0.2) is 43.0 Å². The molecule has 0 unspecified atom stereocenters. The molecule has 2 heterocycles. The van der Waals surface area contributed by atoms with Gasteiger partial charge in [-0.3, -0.25) is 0 Å². The molecule has 130 valence electrons. The van der Waals surface area contributed by atoms with Gasteiger partial charge >= 0.3 is 0 Å². The second-order valence-electron chi connectivity index (χ2n) is 6.99. The Hall–Kier alpha value is -0.430. The zero-order valence-corrected chi connectivity index (χ0v) is 17.4. The van der Waals surface area contributed by atoms with E-state index in [-0.39, 0.29) is 0 Å². The van der Waals surface area contributed by atoms with Crippen LogP contribution in [-0.2, 0) is 13.0 Å². The molecule has 0 N–H and O–H groups in total. The number of likely N-dealkylation sites (tertiary alicyclic amines) is 1. The van der Waals surface area contributed by atoms with Gasteiger partial charge in [-0.1, -0.05) is 12.1 Å². The standard InChI is InChI=1S/C20H27IN2S/c1-22(15-19-8-12-24-16-19)14-18-6-10-23(11-7-18)9-5-17-3-2-4-20(21)13-17/h2-4,8,12-13,16,18H,5-7,9-11,14-15H2,1H3. The molecule has 1 aliphatic heterocycles. The van der Waals surface area contributed by atoms with E-state index in [0.717, 1.165) is 12.5 Å². The monoisotopic (exact) mass is 454 g/mol. The molecule has 0 spiro atoms. The van der Waals surface area contributed by atoms with E-state index in [0.29, 0.717) is 0 Å². The summed E-state index contributed by atoms with van der Waals surface area (Å²) in [5.41, 5.74) is 2.93. The number of hydrogen-bond acceptors (Lipinski definition) is 3. The zero-order valence-electron chi connectivity index (χ0n) is 14.5. The smallest absolute Gasteiger partial charge is 0.0239 e. The largest absolute Gasteiger partial charge is 0.303 e. The van der Waals surface area contributed by atoms with Gasteiger partial charge in [0.2, 0.25) is 0 Å². The molecule has 1 saturated heterocycles. The molecule has 0 bridgehead atoms. The van der Waals surface area contributed by atoms with Crippen LogP contribution in [0.2, 0.25) is 0 Å². The van der Waals surface area contributed by atoms with Gasteiger partial charge in [0.25, 0.3) is 0 Å². The molecule has 1 fully saturated rings. The number of halogens is 1. The topological polar surface area (TPSA) is 6.48 Å². The third-order valence-corrected chi connectivity index (χ3v) is 6.32. The quantitative estimate of drug-likeness (QED) is 0.558. The minimum atomic E-state index is 0.863. The second-order valence-corrected chi connectivity index (χ2v) is 9.02. The van der Waals surface area contributed by atoms with Crippen molar-refractivity contribution in [2.24, 2.45) is 5.92 Å². The molecule has 2 aromatic rings. The van der Waals surface area contributed by atoms with Crippen molar-refractivity contribution in [1.29, 1.82) is 0 Å². The summed E-state index contributed by atoms with van der Waals surface area (Å²) >= 11 is 4.20. The highest BCUT2D eigenvalue weighted by atomic mass is 127. The van der Waals surface area contributed by atoms with Crippen LogP contribution in [0, 0.1) is 9.49 Å². The molecule has 0 amide bonds. The molecule has 0 radical (unpaired) electrons. The van der Waals surface area contributed by atoms with Crippen LogP contribution in [0.4, 0.5) is 0 Å². The Morgan fingerprint density at radius 2 is 2.04 bits per heavy atom. The molecule has 24 heavy (non-hydrogen) atoms. The van der Waals surface area contributed by atoms with Crippen LogP contribution in [0.15, 0.2) is 41.1 Å². The highest BCUT2D eigenvalue weighted by molar-refractivity contribution is 14.1. The molecule has 0 atom stereocenters. The second kappa shape index (κ2) is 9.32. The maximum absolute atomic E-state index is 2.65. The average molecular weight is 454 g/mol. The van der Waals surface area contributed by atoms with Gasteiger partial charge in [-0.2, -0.15) is 11.3 Å². The van der Waals surface area contributed by atoms with Crippen molar-refractivity contribution in [1.82, 2.24) is 9.80 Å². The van der Waals surface area contributed by atoms with Gasteiger partial charge in [0.15, 0.2) is 0 Å². The first-order valence-corrected chi connectivity index (χ1v) is 10.9. The lowest BCUT2D eigenvalue weighted by Crippen LogP contribution is -2.38. The summed E-state index contributed by atoms with van der Waals surface area (Å²) in [5, 5.41) is 4.44. The van der Waals surface area contributed by atoms with E-state index in [9.17, 15) is 0 Å². The normalized spacial score (nSPS) is 16.8. The van der Waals surface area contributed by atoms with E-state index in [1.54, 1.807) is 11.3 Å². The highest BCUT2D eigenvalue weighted by Gasteiger charge is 2.20. The molecule has 2 nitrogen and oxygen atoms in total. The van der Waals surface area contributed by atoms with Crippen molar-refractivity contribution in [2.75, 3.05) is 33.2 Å². The van der Waals surface area contributed by atoms with Gasteiger partial charge in [0.05, 0.1) is 0 Å². The Bertz CT molecular complexity index is 606. The first-order chi connectivity index (χ1) is 11.7. The summed E-state index contributed by atoms with van der Waals surface area (Å²) in [5.74, 6) is 0.863. The zero-order chi connectivity index (χ0) is 16.8. The van der Waals surface area contributed by atoms with Gasteiger partial charge in [-0.05, 0) is 108 Å². The fraction of sp³-hybridized carbons (Fsp3) is 0.500. The fourth-order valence-corrected chi connectivity index (χ4v) is 4.84. The van der Waals surface area contributed by atoms with E-state index in [1.807, 2.05) is 0 Å². The molecule has 4 heteroatoms. The molecule has 1 aromatic heterocycles. The minimum Gasteiger partial charge on any atom is -0.303 e. The Labute approximate surface area is 164 Å². The Morgan fingerprint density at radius 3 is 2.75 bits per heavy atom. The molecular weight excluding hydrogens is 427 g/mol. The third kappa shape index (κ3) is 5.83. The summed E-state index contributed by atoms with van der Waals surface area (Å²) < 4.78 is 1.34. The van der Waals surface area contributed by atoms with Crippen molar-refractivity contribution >= 4 is 33.9 Å². The van der Waals surface area contributed by atoms with E-state index in [1.165, 1.54) is 60.1 Å². The van der Waals surface area contributed by atoms with Crippen LogP contribution in [0.3, 0.4) is 0 Å². The van der Waals surface area contributed by atoms with Crippen molar-refractivity contribution in [2.45, 2.75) is 25.8 Å². The summed E-state index contributed by atoms with van der Waals surface area (Å²) in [7, 11) is 2.26. The molecule has 1 aliphatic rings. The summed E-state index contributed by atoms with van der Waals surface area (Å²) in [6.45, 7) is 6.07. The van der Waals surface area contributed by atoms with Crippen molar-refractivity contribution in [3.8, 4) is 0 Å². The lowest BCUT2D eigenvalue weighted by Gasteiger charge is -2.34. The summed E-state index contributed by atoms with van der Waals surface area (Å²) in [4.78, 5) is 5.14. The van der Waals surface area contributed by atoms with Gasteiger partial charge < -0.3 is 9.80 Å². The lowest BCUT2D eigenvalue weighted by molar-refractivity contribution is 0.153. The minimum absolute atomic E-state index is 0.863. The predicted molar refractivity (Wildman–Crippen MR) is 113 cm³/mol. The molecule has 0 saturated carbocycles. The van der Waals surface area contributed by atoms with Crippen molar-refractivity contribution in [3.63, 3.8) is 0 Å². The SMILES string of the molecule is CN(Cc1ccsc1)CC1CCN(CCc2cccc(I)c2)CC1. The first kappa shape index (κ1) is 18.4. The molecule has 0 aliphatic carbocycles. The number of nitrogens with zero attached hydrogens (tertiary/aromatic N) is 2. The summed E-state index contributed by atoms with van der Waals surface area (Å²) in [6.07, 6.45) is 3.88. The maximum Gasteiger partial charge on any atom is 0.0239 e. The van der Waals surface area contributed by atoms with Crippen LogP contribution in [0.25, 0.3) is 0 Å². The van der Waals surface area contributed by atoms with E-state index in [2.05, 4.69) is 80.5 Å². The Morgan fingerprint density at radius 1 is 1.21 bits per heavy atom. The number of benzene rings is 1. The lowest BCUT2D eigenvalue weighted by atomic mass is 9.96. The van der Waals surface area contributed by atoms with Gasteiger partial charge in [-0.15, -0.1) is 0 Å². The first-order valence-electron chi connectivity index (χ1n) is 8.85. The van der Waals surface area contributed by atoms with Crippen molar-refractivity contribution < 1.29 is 0 Å². The Kier molecular flexibility index (Phi) is 7.13. The van der Waals surface area contributed by atoms with Crippen molar-refractivity contribution in [3.05, 3.63) is 55.8 Å². The fourth-order valence-electron chi connectivity index (χ4n) is 3.57. The number of piperidine rings is 1. The van der Waals surface area contributed by atoms with Gasteiger partial charge in [-0.25, -0.2) is 0 Å².